The van der Waals surface area contributed by atoms with Crippen LogP contribution in [0.3, 0.4) is 0 Å². The summed E-state index contributed by atoms with van der Waals surface area (Å²) in [6, 6.07) is 2.49. The lowest BCUT2D eigenvalue weighted by atomic mass is 9.82. The minimum absolute atomic E-state index is 0.0607. The van der Waals surface area contributed by atoms with Crippen LogP contribution in [-0.2, 0) is 4.74 Å². The molecule has 0 radical (unpaired) electrons. The second-order valence-corrected chi connectivity index (χ2v) is 5.69. The van der Waals surface area contributed by atoms with Crippen LogP contribution >= 0.6 is 0 Å². The van der Waals surface area contributed by atoms with Crippen LogP contribution in [0.4, 0.5) is 8.78 Å². The molecule has 0 aliphatic heterocycles. The highest BCUT2D eigenvalue weighted by molar-refractivity contribution is 6.00. The van der Waals surface area contributed by atoms with Crippen LogP contribution in [-0.4, -0.2) is 18.5 Å². The van der Waals surface area contributed by atoms with E-state index in [4.69, 9.17) is 4.74 Å². The monoisotopic (exact) mass is 296 g/mol. The Hall–Kier alpha value is -1.29. The smallest absolute Gasteiger partial charge is 0.197 e. The van der Waals surface area contributed by atoms with Crippen molar-refractivity contribution in [3.05, 3.63) is 34.9 Å². The quantitative estimate of drug-likeness (QED) is 0.751. The highest BCUT2D eigenvalue weighted by Crippen LogP contribution is 2.31. The Kier molecular flexibility index (Phi) is 5.45. The van der Waals surface area contributed by atoms with Gasteiger partial charge in [-0.3, -0.25) is 4.79 Å². The van der Waals surface area contributed by atoms with Gasteiger partial charge in [0.2, 0.25) is 0 Å². The van der Waals surface area contributed by atoms with E-state index in [9.17, 15) is 13.6 Å². The summed E-state index contributed by atoms with van der Waals surface area (Å²) in [6.45, 7) is 3.69. The van der Waals surface area contributed by atoms with Crippen LogP contribution in [0.15, 0.2) is 12.1 Å². The number of ether oxygens (including phenoxy) is 1. The van der Waals surface area contributed by atoms with Gasteiger partial charge in [-0.1, -0.05) is 25.3 Å². The SMILES string of the molecule is CCOC(C(=O)c1c(F)ccc(C)c1F)C1CCCCC1. The van der Waals surface area contributed by atoms with Gasteiger partial charge in [0.25, 0.3) is 0 Å². The van der Waals surface area contributed by atoms with Gasteiger partial charge in [-0.15, -0.1) is 0 Å². The first-order valence-corrected chi connectivity index (χ1v) is 7.66. The third-order valence-electron chi connectivity index (χ3n) is 4.21. The topological polar surface area (TPSA) is 26.3 Å². The standard InChI is InChI=1S/C17H22F2O2/c1-3-21-17(12-7-5-4-6-8-12)16(20)14-13(18)10-9-11(2)15(14)19/h9-10,12,17H,3-8H2,1-2H3. The van der Waals surface area contributed by atoms with Gasteiger partial charge in [0.1, 0.15) is 17.7 Å². The van der Waals surface area contributed by atoms with Gasteiger partial charge >= 0.3 is 0 Å². The maximum atomic E-state index is 14.2. The average Bonchev–Trinajstić information content (AvgIpc) is 2.49. The van der Waals surface area contributed by atoms with Crippen molar-refractivity contribution in [3.63, 3.8) is 0 Å². The zero-order chi connectivity index (χ0) is 15.4. The van der Waals surface area contributed by atoms with E-state index in [1.807, 2.05) is 0 Å². The van der Waals surface area contributed by atoms with E-state index in [0.29, 0.717) is 6.61 Å². The third kappa shape index (κ3) is 3.49. The molecule has 0 N–H and O–H groups in total. The third-order valence-corrected chi connectivity index (χ3v) is 4.21. The second-order valence-electron chi connectivity index (χ2n) is 5.69. The van der Waals surface area contributed by atoms with E-state index in [1.165, 1.54) is 13.0 Å². The lowest BCUT2D eigenvalue weighted by Crippen LogP contribution is -2.35. The van der Waals surface area contributed by atoms with Crippen molar-refractivity contribution >= 4 is 5.78 Å². The van der Waals surface area contributed by atoms with Crippen LogP contribution in [0.5, 0.6) is 0 Å². The summed E-state index contributed by atoms with van der Waals surface area (Å²) in [7, 11) is 0. The fourth-order valence-electron chi connectivity index (χ4n) is 3.07. The lowest BCUT2D eigenvalue weighted by Gasteiger charge is -2.29. The summed E-state index contributed by atoms with van der Waals surface area (Å²) >= 11 is 0. The molecule has 21 heavy (non-hydrogen) atoms. The molecule has 1 aromatic carbocycles. The molecular weight excluding hydrogens is 274 g/mol. The largest absolute Gasteiger partial charge is 0.370 e. The molecule has 1 fully saturated rings. The van der Waals surface area contributed by atoms with Gasteiger partial charge in [-0.05, 0) is 44.2 Å². The first-order valence-electron chi connectivity index (χ1n) is 7.66. The van der Waals surface area contributed by atoms with Crippen molar-refractivity contribution in [1.29, 1.82) is 0 Å². The Morgan fingerprint density at radius 3 is 2.57 bits per heavy atom. The Balaban J connectivity index is 2.32. The number of rotatable bonds is 5. The minimum atomic E-state index is -0.802. The van der Waals surface area contributed by atoms with E-state index in [2.05, 4.69) is 0 Å². The number of carbonyl (C=O) groups is 1. The van der Waals surface area contributed by atoms with Crippen LogP contribution < -0.4 is 0 Å². The Labute approximate surface area is 124 Å². The number of aryl methyl sites for hydroxylation is 1. The highest BCUT2D eigenvalue weighted by atomic mass is 19.1. The minimum Gasteiger partial charge on any atom is -0.370 e. The molecule has 1 saturated carbocycles. The normalized spacial score (nSPS) is 17.7. The average molecular weight is 296 g/mol. The molecule has 0 saturated heterocycles. The Bertz CT molecular complexity index is 508. The van der Waals surface area contributed by atoms with Crippen molar-refractivity contribution in [2.75, 3.05) is 6.61 Å². The summed E-state index contributed by atoms with van der Waals surface area (Å²) in [5, 5.41) is 0. The molecule has 0 bridgehead atoms. The van der Waals surface area contributed by atoms with E-state index in [0.717, 1.165) is 38.2 Å². The number of Topliss-reactive ketones (excluding diaryl/α,β-unsaturated/α-hetero) is 1. The first-order chi connectivity index (χ1) is 10.1. The van der Waals surface area contributed by atoms with Gasteiger partial charge in [0, 0.05) is 6.61 Å². The van der Waals surface area contributed by atoms with Gasteiger partial charge in [0.05, 0.1) is 5.56 Å². The molecule has 0 amide bonds. The maximum Gasteiger partial charge on any atom is 0.197 e. The fourth-order valence-corrected chi connectivity index (χ4v) is 3.07. The number of carbonyl (C=O) groups excluding carboxylic acids is 1. The van der Waals surface area contributed by atoms with Gasteiger partial charge < -0.3 is 4.74 Å². The number of ketones is 1. The van der Waals surface area contributed by atoms with Crippen molar-refractivity contribution in [2.45, 2.75) is 52.1 Å². The molecule has 0 heterocycles. The molecule has 1 aliphatic rings. The summed E-state index contributed by atoms with van der Waals surface area (Å²) < 4.78 is 33.7. The fraction of sp³-hybridized carbons (Fsp3) is 0.588. The van der Waals surface area contributed by atoms with E-state index < -0.39 is 29.1 Å². The predicted octanol–water partition coefficient (Wildman–Crippen LogP) is 4.44. The van der Waals surface area contributed by atoms with Crippen molar-refractivity contribution in [3.8, 4) is 0 Å². The van der Waals surface area contributed by atoms with E-state index in [-0.39, 0.29) is 11.5 Å². The molecule has 1 aromatic rings. The first kappa shape index (κ1) is 16.1. The van der Waals surface area contributed by atoms with Crippen molar-refractivity contribution in [1.82, 2.24) is 0 Å². The highest BCUT2D eigenvalue weighted by Gasteiger charge is 2.34. The van der Waals surface area contributed by atoms with E-state index in [1.54, 1.807) is 6.92 Å². The number of benzene rings is 1. The molecule has 1 unspecified atom stereocenters. The summed E-state index contributed by atoms with van der Waals surface area (Å²) in [6.07, 6.45) is 4.26. The van der Waals surface area contributed by atoms with Crippen LogP contribution in [0.25, 0.3) is 0 Å². The molecule has 2 nitrogen and oxygen atoms in total. The Morgan fingerprint density at radius 2 is 1.95 bits per heavy atom. The van der Waals surface area contributed by atoms with Crippen LogP contribution in [0, 0.1) is 24.5 Å². The zero-order valence-electron chi connectivity index (χ0n) is 12.6. The molecule has 1 atom stereocenters. The number of halogens is 2. The zero-order valence-corrected chi connectivity index (χ0v) is 12.6. The Morgan fingerprint density at radius 1 is 1.29 bits per heavy atom. The number of hydrogen-bond acceptors (Lipinski definition) is 2. The van der Waals surface area contributed by atoms with Gasteiger partial charge in [-0.2, -0.15) is 0 Å². The van der Waals surface area contributed by atoms with E-state index >= 15 is 0 Å². The second kappa shape index (κ2) is 7.12. The summed E-state index contributed by atoms with van der Waals surface area (Å²) in [5.74, 6) is -2.06. The van der Waals surface area contributed by atoms with Gasteiger partial charge in [0.15, 0.2) is 5.78 Å². The van der Waals surface area contributed by atoms with Crippen molar-refractivity contribution in [2.24, 2.45) is 5.92 Å². The maximum absolute atomic E-state index is 14.2. The number of hydrogen-bond donors (Lipinski definition) is 0. The molecule has 116 valence electrons. The lowest BCUT2D eigenvalue weighted by molar-refractivity contribution is 0.0121. The summed E-state index contributed by atoms with van der Waals surface area (Å²) in [5.41, 5.74) is -0.169. The predicted molar refractivity (Wildman–Crippen MR) is 77.4 cm³/mol. The molecule has 0 spiro atoms. The van der Waals surface area contributed by atoms with Crippen molar-refractivity contribution < 1.29 is 18.3 Å². The molecule has 0 aromatic heterocycles. The van der Waals surface area contributed by atoms with Crippen LogP contribution in [0.1, 0.15) is 54.9 Å². The summed E-state index contributed by atoms with van der Waals surface area (Å²) in [4.78, 5) is 12.6. The molecular formula is C17H22F2O2. The molecule has 4 heteroatoms. The van der Waals surface area contributed by atoms with Crippen LogP contribution in [0.2, 0.25) is 0 Å². The molecule has 2 rings (SSSR count). The van der Waals surface area contributed by atoms with Gasteiger partial charge in [-0.25, -0.2) is 8.78 Å². The molecule has 1 aliphatic carbocycles.